The first-order chi connectivity index (χ1) is 14.9. The molecule has 2 aliphatic rings. The standard InChI is InChI=1S/C15H15NO.C9H10FN2OS.U/c17-10-11-7-12-4-5-13(9-14(12)8-11)15-3-1-2-6-16-15;1-5-2-6-3-7(10)9(14(11)13)4-8(6)12-5;/h1-6,9,11,17H,7-8,10H2;3-5H,2,11H2,1H3;/q;-1;/t11-;;/m1../s1. The number of aliphatic hydroxyl groups is 1. The number of fused-ring (bicyclic) bond motifs is 2. The average Bonchev–Trinajstić information content (AvgIpc) is 3.35. The van der Waals surface area contributed by atoms with E-state index < -0.39 is 16.8 Å². The Morgan fingerprint density at radius 1 is 1.12 bits per heavy atom. The molecule has 0 fully saturated rings. The fourth-order valence-electron chi connectivity index (χ4n) is 4.15. The molecule has 32 heavy (non-hydrogen) atoms. The summed E-state index contributed by atoms with van der Waals surface area (Å²) >= 11 is 0. The Morgan fingerprint density at radius 3 is 2.59 bits per heavy atom. The van der Waals surface area contributed by atoms with E-state index in [1.54, 1.807) is 0 Å². The number of rotatable bonds is 3. The Labute approximate surface area is 214 Å². The number of pyridine rings is 1. The monoisotopic (exact) mass is 676 g/mol. The van der Waals surface area contributed by atoms with Gasteiger partial charge in [-0.3, -0.25) is 4.98 Å². The van der Waals surface area contributed by atoms with Crippen LogP contribution in [-0.2, 0) is 30.2 Å². The predicted octanol–water partition coefficient (Wildman–Crippen LogP) is 4.21. The Bertz CT molecular complexity index is 1110. The summed E-state index contributed by atoms with van der Waals surface area (Å²) in [7, 11) is -1.78. The number of hydrogen-bond acceptors (Lipinski definition) is 3. The normalized spacial score (nSPS) is 19.0. The summed E-state index contributed by atoms with van der Waals surface area (Å²) in [6, 6.07) is 15.5. The molecule has 3 aromatic rings. The molecular weight excluding hydrogens is 651 g/mol. The average molecular weight is 677 g/mol. The van der Waals surface area contributed by atoms with Crippen molar-refractivity contribution in [2.75, 3.05) is 6.61 Å². The zero-order valence-corrected chi connectivity index (χ0v) is 22.8. The van der Waals surface area contributed by atoms with Crippen molar-refractivity contribution in [3.05, 3.63) is 82.6 Å². The van der Waals surface area contributed by atoms with Gasteiger partial charge in [-0.1, -0.05) is 36.8 Å². The van der Waals surface area contributed by atoms with Crippen LogP contribution in [0.15, 0.2) is 59.6 Å². The van der Waals surface area contributed by atoms with Crippen molar-refractivity contribution in [2.45, 2.75) is 37.1 Å². The van der Waals surface area contributed by atoms with E-state index in [2.05, 4.69) is 28.5 Å². The van der Waals surface area contributed by atoms with Gasteiger partial charge in [0.05, 0.1) is 10.6 Å². The molecule has 0 radical (unpaired) electrons. The van der Waals surface area contributed by atoms with E-state index in [4.69, 9.17) is 5.14 Å². The van der Waals surface area contributed by atoms with Crippen LogP contribution in [-0.4, -0.2) is 26.9 Å². The summed E-state index contributed by atoms with van der Waals surface area (Å²) in [6.45, 7) is 2.24. The van der Waals surface area contributed by atoms with Crippen LogP contribution in [0.25, 0.3) is 16.6 Å². The maximum Gasteiger partial charge on any atom is 0.140 e. The van der Waals surface area contributed by atoms with Crippen molar-refractivity contribution >= 4 is 16.7 Å². The Kier molecular flexibility index (Phi) is 8.65. The fraction of sp³-hybridized carbons (Fsp3) is 0.292. The van der Waals surface area contributed by atoms with Gasteiger partial charge in [-0.15, -0.1) is 11.7 Å². The van der Waals surface area contributed by atoms with Gasteiger partial charge in [-0.25, -0.2) is 13.7 Å². The van der Waals surface area contributed by atoms with Gasteiger partial charge in [0.25, 0.3) is 0 Å². The van der Waals surface area contributed by atoms with E-state index in [9.17, 15) is 13.7 Å². The fourth-order valence-corrected chi connectivity index (χ4v) is 4.63. The number of nitrogens with two attached hydrogens (primary N) is 1. The molecule has 0 spiro atoms. The number of aromatic nitrogens is 1. The molecular formula is C24H25FN3O2SU-. The molecule has 2 heterocycles. The van der Waals surface area contributed by atoms with E-state index in [0.717, 1.165) is 30.5 Å². The van der Waals surface area contributed by atoms with Gasteiger partial charge in [0.1, 0.15) is 16.8 Å². The number of benzene rings is 2. The first-order valence-corrected chi connectivity index (χ1v) is 11.5. The van der Waals surface area contributed by atoms with Gasteiger partial charge in [0.15, 0.2) is 0 Å². The number of nitrogens with zero attached hydrogens (tertiary/aromatic N) is 2. The third-order valence-corrected chi connectivity index (χ3v) is 6.41. The first kappa shape index (κ1) is 25.1. The largest absolute Gasteiger partial charge is 0.681 e. The van der Waals surface area contributed by atoms with Crippen molar-refractivity contribution in [2.24, 2.45) is 11.1 Å². The quantitative estimate of drug-likeness (QED) is 0.436. The second-order valence-electron chi connectivity index (χ2n) is 8.05. The molecule has 3 atom stereocenters. The molecule has 0 saturated heterocycles. The second-order valence-corrected chi connectivity index (χ2v) is 9.08. The Hall–Kier alpha value is -1.56. The van der Waals surface area contributed by atoms with Gasteiger partial charge < -0.3 is 10.4 Å². The Morgan fingerprint density at radius 2 is 1.91 bits per heavy atom. The van der Waals surface area contributed by atoms with Gasteiger partial charge in [-0.2, -0.15) is 0 Å². The summed E-state index contributed by atoms with van der Waals surface area (Å²) < 4.78 is 24.3. The molecule has 2 aromatic carbocycles. The third-order valence-electron chi connectivity index (χ3n) is 5.67. The smallest absolute Gasteiger partial charge is 0.140 e. The van der Waals surface area contributed by atoms with Gasteiger partial charge in [0.2, 0.25) is 0 Å². The van der Waals surface area contributed by atoms with Crippen molar-refractivity contribution in [1.82, 2.24) is 4.98 Å². The van der Waals surface area contributed by atoms with Crippen LogP contribution < -0.4 is 5.14 Å². The van der Waals surface area contributed by atoms with Crippen molar-refractivity contribution < 1.29 is 44.8 Å². The van der Waals surface area contributed by atoms with E-state index in [1.165, 1.54) is 28.8 Å². The third kappa shape index (κ3) is 5.67. The van der Waals surface area contributed by atoms with Crippen LogP contribution in [0.1, 0.15) is 23.6 Å². The summed E-state index contributed by atoms with van der Waals surface area (Å²) in [5.41, 5.74) is 6.51. The van der Waals surface area contributed by atoms with Crippen molar-refractivity contribution in [3.63, 3.8) is 0 Å². The number of aliphatic hydroxyl groups excluding tert-OH is 1. The minimum absolute atomic E-state index is 0. The molecule has 3 N–H and O–H groups in total. The maximum atomic E-state index is 13.3. The van der Waals surface area contributed by atoms with Gasteiger partial charge in [0, 0.05) is 49.5 Å². The van der Waals surface area contributed by atoms with E-state index >= 15 is 0 Å². The number of halogens is 1. The summed E-state index contributed by atoms with van der Waals surface area (Å²) in [5, 5.41) is 18.6. The number of hydrogen-bond donors (Lipinski definition) is 2. The summed E-state index contributed by atoms with van der Waals surface area (Å²) in [6.07, 6.45) is 4.56. The zero-order chi connectivity index (χ0) is 22.0. The molecule has 2 unspecified atom stereocenters. The SMILES string of the molecule is CC1Cc2cc(F)c(S(N)=O)cc2[N-]1.OC[C@@H]1Cc2ccc(-c3ccccn3)cc2C1.[U]. The first-order valence-electron chi connectivity index (χ1n) is 10.3. The van der Waals surface area contributed by atoms with E-state index in [1.807, 2.05) is 31.3 Å². The van der Waals surface area contributed by atoms with Crippen LogP contribution in [0.4, 0.5) is 10.1 Å². The predicted molar refractivity (Wildman–Crippen MR) is 121 cm³/mol. The van der Waals surface area contributed by atoms with Gasteiger partial charge >= 0.3 is 0 Å². The maximum absolute atomic E-state index is 13.3. The summed E-state index contributed by atoms with van der Waals surface area (Å²) in [5.74, 6) is -0.0992. The summed E-state index contributed by atoms with van der Waals surface area (Å²) in [4.78, 5) is 4.39. The zero-order valence-electron chi connectivity index (χ0n) is 17.8. The van der Waals surface area contributed by atoms with Crippen molar-refractivity contribution in [3.8, 4) is 11.3 Å². The topological polar surface area (TPSA) is 90.3 Å². The molecule has 8 heteroatoms. The molecule has 0 saturated carbocycles. The van der Waals surface area contributed by atoms with Crippen LogP contribution in [0, 0.1) is 42.8 Å². The Balaban J connectivity index is 0.000000178. The van der Waals surface area contributed by atoms with E-state index in [-0.39, 0.29) is 48.7 Å². The second kappa shape index (κ2) is 11.0. The molecule has 1 aliphatic heterocycles. The molecule has 5 rings (SSSR count). The molecule has 0 bridgehead atoms. The van der Waals surface area contributed by atoms with Gasteiger partial charge in [-0.05, 0) is 60.6 Å². The van der Waals surface area contributed by atoms with Crippen LogP contribution in [0.2, 0.25) is 0 Å². The van der Waals surface area contributed by atoms with Crippen LogP contribution in [0.3, 0.4) is 0 Å². The molecule has 5 nitrogen and oxygen atoms in total. The minimum Gasteiger partial charge on any atom is -0.681 e. The molecule has 0 amide bonds. The molecule has 1 aliphatic carbocycles. The van der Waals surface area contributed by atoms with Crippen LogP contribution >= 0.6 is 0 Å². The molecule has 1 aromatic heterocycles. The van der Waals surface area contributed by atoms with Crippen LogP contribution in [0.5, 0.6) is 0 Å². The minimum atomic E-state index is -1.78. The van der Waals surface area contributed by atoms with Crippen molar-refractivity contribution in [1.29, 1.82) is 0 Å². The van der Waals surface area contributed by atoms with E-state index in [0.29, 0.717) is 11.6 Å². The molecule has 166 valence electrons.